The number of carbonyl (C=O) groups excluding carboxylic acids is 1. The van der Waals surface area contributed by atoms with Gasteiger partial charge in [0.05, 0.1) is 0 Å². The first-order chi connectivity index (χ1) is 7.72. The molecule has 0 aliphatic carbocycles. The molecular weight excluding hydrogens is 244 g/mol. The molecule has 1 atom stereocenters. The molecule has 16 heavy (non-hydrogen) atoms. The van der Waals surface area contributed by atoms with Crippen LogP contribution < -0.4 is 5.32 Å². The van der Waals surface area contributed by atoms with E-state index in [1.165, 1.54) is 11.3 Å². The average molecular weight is 258 g/mol. The van der Waals surface area contributed by atoms with E-state index in [0.29, 0.717) is 16.2 Å². The summed E-state index contributed by atoms with van der Waals surface area (Å²) in [4.78, 5) is 13.8. The number of thioether (sulfide) groups is 1. The van der Waals surface area contributed by atoms with Gasteiger partial charge < -0.3 is 10.2 Å². The van der Waals surface area contributed by atoms with Crippen molar-refractivity contribution in [1.29, 1.82) is 0 Å². The summed E-state index contributed by atoms with van der Waals surface area (Å²) in [6.45, 7) is 0. The lowest BCUT2D eigenvalue weighted by Crippen LogP contribution is -2.36. The number of rotatable bonds is 3. The lowest BCUT2D eigenvalue weighted by atomic mass is 10.2. The lowest BCUT2D eigenvalue weighted by molar-refractivity contribution is 0.0746. The van der Waals surface area contributed by atoms with E-state index >= 15 is 0 Å². The zero-order valence-corrected chi connectivity index (χ0v) is 10.9. The Labute approximate surface area is 103 Å². The van der Waals surface area contributed by atoms with E-state index in [1.807, 2.05) is 18.8 Å². The number of hydrogen-bond acceptors (Lipinski definition) is 6. The molecule has 1 fully saturated rings. The van der Waals surface area contributed by atoms with Crippen LogP contribution in [0.3, 0.4) is 0 Å². The molecule has 1 N–H and O–H groups in total. The summed E-state index contributed by atoms with van der Waals surface area (Å²) in [6, 6.07) is 0.347. The second-order valence-electron chi connectivity index (χ2n) is 3.60. The largest absolute Gasteiger partial charge is 0.363 e. The topological polar surface area (TPSA) is 58.1 Å². The summed E-state index contributed by atoms with van der Waals surface area (Å²) >= 11 is 3.19. The van der Waals surface area contributed by atoms with Gasteiger partial charge in [-0.3, -0.25) is 4.79 Å². The van der Waals surface area contributed by atoms with Crippen molar-refractivity contribution in [2.75, 3.05) is 30.9 Å². The molecule has 5 nitrogen and oxygen atoms in total. The van der Waals surface area contributed by atoms with Gasteiger partial charge in [0.2, 0.25) is 10.1 Å². The number of aromatic nitrogens is 2. The molecule has 0 saturated carbocycles. The molecule has 0 bridgehead atoms. The van der Waals surface area contributed by atoms with Gasteiger partial charge in [-0.25, -0.2) is 0 Å². The van der Waals surface area contributed by atoms with Crippen LogP contribution in [0.2, 0.25) is 0 Å². The molecule has 1 unspecified atom stereocenters. The van der Waals surface area contributed by atoms with Crippen molar-refractivity contribution < 1.29 is 4.79 Å². The van der Waals surface area contributed by atoms with Crippen molar-refractivity contribution in [2.24, 2.45) is 0 Å². The second kappa shape index (κ2) is 5.01. The predicted molar refractivity (Wildman–Crippen MR) is 67.3 cm³/mol. The smallest absolute Gasteiger partial charge is 0.284 e. The van der Waals surface area contributed by atoms with E-state index < -0.39 is 0 Å². The summed E-state index contributed by atoms with van der Waals surface area (Å²) < 4.78 is 0. The molecule has 0 spiro atoms. The van der Waals surface area contributed by atoms with E-state index in [2.05, 4.69) is 15.5 Å². The molecule has 1 saturated heterocycles. The third-order valence-electron chi connectivity index (χ3n) is 2.60. The highest BCUT2D eigenvalue weighted by Crippen LogP contribution is 2.24. The molecule has 0 aromatic carbocycles. The summed E-state index contributed by atoms with van der Waals surface area (Å²) in [5, 5.41) is 11.8. The fourth-order valence-corrected chi connectivity index (χ4v) is 3.50. The average Bonchev–Trinajstić information content (AvgIpc) is 2.97. The first kappa shape index (κ1) is 11.7. The minimum absolute atomic E-state index is 0.0218. The molecule has 7 heteroatoms. The maximum atomic E-state index is 12.1. The Morgan fingerprint density at radius 2 is 2.38 bits per heavy atom. The molecule has 88 valence electrons. The Bertz CT molecular complexity index is 375. The molecule has 1 aliphatic rings. The lowest BCUT2D eigenvalue weighted by Gasteiger charge is -2.22. The first-order valence-electron chi connectivity index (χ1n) is 5.08. The Morgan fingerprint density at radius 1 is 1.56 bits per heavy atom. The number of nitrogens with zero attached hydrogens (tertiary/aromatic N) is 3. The van der Waals surface area contributed by atoms with Crippen LogP contribution >= 0.6 is 23.1 Å². The van der Waals surface area contributed by atoms with Crippen molar-refractivity contribution in [3.05, 3.63) is 5.01 Å². The van der Waals surface area contributed by atoms with E-state index in [-0.39, 0.29) is 5.91 Å². The zero-order chi connectivity index (χ0) is 11.5. The Balaban J connectivity index is 2.05. The van der Waals surface area contributed by atoms with Gasteiger partial charge in [0, 0.05) is 25.9 Å². The monoisotopic (exact) mass is 258 g/mol. The molecule has 1 aromatic rings. The van der Waals surface area contributed by atoms with E-state index in [1.54, 1.807) is 11.9 Å². The van der Waals surface area contributed by atoms with Gasteiger partial charge in [0.15, 0.2) is 0 Å². The maximum absolute atomic E-state index is 12.1. The molecule has 0 radical (unpaired) electrons. The Kier molecular flexibility index (Phi) is 3.65. The first-order valence-corrected chi connectivity index (χ1v) is 7.05. The highest BCUT2D eigenvalue weighted by molar-refractivity contribution is 7.99. The molecule has 1 amide bonds. The SMILES string of the molecule is CNc1nnc(C(=O)N(C)C2CCSC2)s1. The molecule has 2 rings (SSSR count). The fraction of sp³-hybridized carbons (Fsp3) is 0.667. The molecule has 1 aliphatic heterocycles. The zero-order valence-electron chi connectivity index (χ0n) is 9.27. The molecular formula is C9H14N4OS2. The van der Waals surface area contributed by atoms with Gasteiger partial charge >= 0.3 is 0 Å². The standard InChI is InChI=1S/C9H14N4OS2/c1-10-9-12-11-7(16-9)8(14)13(2)6-3-4-15-5-6/h6H,3-5H2,1-2H3,(H,10,12). The van der Waals surface area contributed by atoms with E-state index in [9.17, 15) is 4.79 Å². The third-order valence-corrected chi connectivity index (χ3v) is 4.67. The number of anilines is 1. The summed E-state index contributed by atoms with van der Waals surface area (Å²) in [5.41, 5.74) is 0. The van der Waals surface area contributed by atoms with Gasteiger partial charge in [-0.1, -0.05) is 11.3 Å². The van der Waals surface area contributed by atoms with Crippen molar-refractivity contribution in [2.45, 2.75) is 12.5 Å². The predicted octanol–water partition coefficient (Wildman–Crippen LogP) is 1.16. The molecule has 1 aromatic heterocycles. The second-order valence-corrected chi connectivity index (χ2v) is 5.72. The molecule has 2 heterocycles. The Morgan fingerprint density at radius 3 is 2.94 bits per heavy atom. The summed E-state index contributed by atoms with van der Waals surface area (Å²) in [7, 11) is 3.62. The van der Waals surface area contributed by atoms with Crippen LogP contribution in [0.15, 0.2) is 0 Å². The minimum Gasteiger partial charge on any atom is -0.363 e. The quantitative estimate of drug-likeness (QED) is 0.881. The normalized spacial score (nSPS) is 19.8. The van der Waals surface area contributed by atoms with Crippen molar-refractivity contribution in [3.8, 4) is 0 Å². The van der Waals surface area contributed by atoms with Crippen LogP contribution in [0.5, 0.6) is 0 Å². The number of nitrogens with one attached hydrogen (secondary N) is 1. The van der Waals surface area contributed by atoms with Gasteiger partial charge in [-0.05, 0) is 12.2 Å². The fourth-order valence-electron chi connectivity index (χ4n) is 1.55. The van der Waals surface area contributed by atoms with Crippen molar-refractivity contribution in [3.63, 3.8) is 0 Å². The van der Waals surface area contributed by atoms with Crippen LogP contribution in [-0.2, 0) is 0 Å². The van der Waals surface area contributed by atoms with Crippen molar-refractivity contribution in [1.82, 2.24) is 15.1 Å². The van der Waals surface area contributed by atoms with Gasteiger partial charge in [-0.15, -0.1) is 10.2 Å². The highest BCUT2D eigenvalue weighted by Gasteiger charge is 2.26. The van der Waals surface area contributed by atoms with Crippen LogP contribution in [-0.4, -0.2) is 52.6 Å². The maximum Gasteiger partial charge on any atom is 0.284 e. The van der Waals surface area contributed by atoms with Crippen LogP contribution in [0, 0.1) is 0 Å². The van der Waals surface area contributed by atoms with Crippen LogP contribution in [0.25, 0.3) is 0 Å². The number of hydrogen-bond donors (Lipinski definition) is 1. The van der Waals surface area contributed by atoms with Gasteiger partial charge in [0.1, 0.15) is 0 Å². The minimum atomic E-state index is -0.0218. The number of carbonyl (C=O) groups is 1. The van der Waals surface area contributed by atoms with Gasteiger partial charge in [0.25, 0.3) is 5.91 Å². The third kappa shape index (κ3) is 2.30. The van der Waals surface area contributed by atoms with Gasteiger partial charge in [-0.2, -0.15) is 11.8 Å². The van der Waals surface area contributed by atoms with E-state index in [0.717, 1.165) is 17.9 Å². The summed E-state index contributed by atoms with van der Waals surface area (Å²) in [6.07, 6.45) is 1.07. The van der Waals surface area contributed by atoms with Crippen LogP contribution in [0.4, 0.5) is 5.13 Å². The Hall–Kier alpha value is -0.820. The van der Waals surface area contributed by atoms with E-state index in [4.69, 9.17) is 0 Å². The highest BCUT2D eigenvalue weighted by atomic mass is 32.2. The number of amides is 1. The van der Waals surface area contributed by atoms with Crippen molar-refractivity contribution >= 4 is 34.1 Å². The summed E-state index contributed by atoms with van der Waals surface area (Å²) in [5.74, 6) is 2.15. The van der Waals surface area contributed by atoms with Crippen LogP contribution in [0.1, 0.15) is 16.2 Å².